The Hall–Kier alpha value is -1.93. The van der Waals surface area contributed by atoms with Gasteiger partial charge in [0.1, 0.15) is 12.1 Å². The molecule has 8 heteroatoms. The van der Waals surface area contributed by atoms with E-state index in [0.717, 1.165) is 4.31 Å². The van der Waals surface area contributed by atoms with Gasteiger partial charge < -0.3 is 9.64 Å². The normalized spacial score (nSPS) is 21.3. The maximum absolute atomic E-state index is 12.9. The van der Waals surface area contributed by atoms with Crippen molar-refractivity contribution in [2.75, 3.05) is 25.1 Å². The molecule has 7 nitrogen and oxygen atoms in total. The predicted octanol–water partition coefficient (Wildman–Crippen LogP) is 0.532. The topological polar surface area (TPSA) is 84.0 Å². The lowest BCUT2D eigenvalue weighted by atomic mass is 10.1. The maximum Gasteiger partial charge on any atom is 0.327 e. The molecular weight excluding hydrogens is 320 g/mol. The van der Waals surface area contributed by atoms with E-state index in [2.05, 4.69) is 0 Å². The molecule has 0 atom stereocenters. The van der Waals surface area contributed by atoms with Gasteiger partial charge in [0.15, 0.2) is 0 Å². The van der Waals surface area contributed by atoms with Crippen molar-refractivity contribution in [3.63, 3.8) is 0 Å². The summed E-state index contributed by atoms with van der Waals surface area (Å²) in [7, 11) is -2.20. The molecule has 1 aromatic rings. The number of benzene rings is 1. The van der Waals surface area contributed by atoms with Crippen molar-refractivity contribution in [3.05, 3.63) is 23.8 Å². The molecule has 1 amide bonds. The Kier molecular flexibility index (Phi) is 3.49. The van der Waals surface area contributed by atoms with Crippen LogP contribution in [0.3, 0.4) is 0 Å². The Morgan fingerprint density at radius 2 is 1.91 bits per heavy atom. The van der Waals surface area contributed by atoms with Crippen LogP contribution in [0.2, 0.25) is 0 Å². The summed E-state index contributed by atoms with van der Waals surface area (Å²) in [5.74, 6) is -0.639. The molecule has 2 aliphatic heterocycles. The van der Waals surface area contributed by atoms with Gasteiger partial charge in [0, 0.05) is 19.3 Å². The Bertz CT molecular complexity index is 800. The van der Waals surface area contributed by atoms with Gasteiger partial charge in [-0.3, -0.25) is 9.59 Å². The predicted molar refractivity (Wildman–Crippen MR) is 82.5 cm³/mol. The highest BCUT2D eigenvalue weighted by molar-refractivity contribution is 7.89. The van der Waals surface area contributed by atoms with Crippen LogP contribution in [0.4, 0.5) is 5.69 Å². The standard InChI is InChI=1S/C15H18N2O5S/c1-15(2)14(19)22-7-6-17(15)23(20,21)11-4-5-12-10(8-11)9-13(18)16(12)3/h4-5,8H,6-7,9H2,1-3H3. The highest BCUT2D eigenvalue weighted by Crippen LogP contribution is 2.33. The van der Waals surface area contributed by atoms with Gasteiger partial charge >= 0.3 is 5.97 Å². The number of sulfonamides is 1. The summed E-state index contributed by atoms with van der Waals surface area (Å²) < 4.78 is 32.0. The molecule has 0 unspecified atom stereocenters. The Morgan fingerprint density at radius 3 is 2.61 bits per heavy atom. The van der Waals surface area contributed by atoms with Crippen molar-refractivity contribution >= 4 is 27.6 Å². The number of amides is 1. The molecule has 0 bridgehead atoms. The number of rotatable bonds is 2. The van der Waals surface area contributed by atoms with Crippen molar-refractivity contribution < 1.29 is 22.7 Å². The molecular formula is C15H18N2O5S. The van der Waals surface area contributed by atoms with Gasteiger partial charge in [-0.1, -0.05) is 0 Å². The van der Waals surface area contributed by atoms with Crippen LogP contribution in [0.5, 0.6) is 0 Å². The lowest BCUT2D eigenvalue weighted by Gasteiger charge is -2.38. The molecule has 23 heavy (non-hydrogen) atoms. The number of esters is 1. The zero-order valence-electron chi connectivity index (χ0n) is 13.2. The highest BCUT2D eigenvalue weighted by atomic mass is 32.2. The van der Waals surface area contributed by atoms with E-state index in [4.69, 9.17) is 4.74 Å². The van der Waals surface area contributed by atoms with E-state index >= 15 is 0 Å². The van der Waals surface area contributed by atoms with E-state index < -0.39 is 21.5 Å². The van der Waals surface area contributed by atoms with Crippen LogP contribution in [0.15, 0.2) is 23.1 Å². The summed E-state index contributed by atoms with van der Waals surface area (Å²) in [5.41, 5.74) is 0.130. The van der Waals surface area contributed by atoms with E-state index in [9.17, 15) is 18.0 Å². The monoisotopic (exact) mass is 338 g/mol. The number of carbonyl (C=O) groups is 2. The summed E-state index contributed by atoms with van der Waals surface area (Å²) in [5, 5.41) is 0. The van der Waals surface area contributed by atoms with E-state index in [1.807, 2.05) is 0 Å². The quantitative estimate of drug-likeness (QED) is 0.735. The average Bonchev–Trinajstić information content (AvgIpc) is 2.76. The molecule has 0 spiro atoms. The number of hydrogen-bond donors (Lipinski definition) is 0. The molecule has 0 aromatic heterocycles. The number of nitrogens with zero attached hydrogens (tertiary/aromatic N) is 2. The summed E-state index contributed by atoms with van der Waals surface area (Å²) in [4.78, 5) is 25.2. The molecule has 0 saturated carbocycles. The van der Waals surface area contributed by atoms with Crippen LogP contribution in [0, 0.1) is 0 Å². The Labute approximate surface area is 134 Å². The van der Waals surface area contributed by atoms with Gasteiger partial charge in [-0.05, 0) is 37.6 Å². The largest absolute Gasteiger partial charge is 0.463 e. The second-order valence-corrected chi connectivity index (χ2v) is 8.05. The highest BCUT2D eigenvalue weighted by Gasteiger charge is 2.46. The molecule has 124 valence electrons. The number of likely N-dealkylation sites (N-methyl/N-ethyl adjacent to an activating group) is 1. The van der Waals surface area contributed by atoms with Crippen LogP contribution < -0.4 is 4.90 Å². The lowest BCUT2D eigenvalue weighted by Crippen LogP contribution is -2.58. The van der Waals surface area contributed by atoms with E-state index in [-0.39, 0.29) is 30.4 Å². The van der Waals surface area contributed by atoms with Gasteiger partial charge in [0.05, 0.1) is 11.3 Å². The van der Waals surface area contributed by atoms with E-state index in [0.29, 0.717) is 11.3 Å². The Balaban J connectivity index is 2.03. The number of anilines is 1. The second kappa shape index (κ2) is 5.04. The number of carbonyl (C=O) groups excluding carboxylic acids is 2. The number of ether oxygens (including phenoxy) is 1. The second-order valence-electron chi connectivity index (χ2n) is 6.19. The first-order chi connectivity index (χ1) is 10.7. The zero-order valence-corrected chi connectivity index (χ0v) is 14.0. The number of fused-ring (bicyclic) bond motifs is 1. The summed E-state index contributed by atoms with van der Waals surface area (Å²) >= 11 is 0. The smallest absolute Gasteiger partial charge is 0.327 e. The summed E-state index contributed by atoms with van der Waals surface area (Å²) in [6, 6.07) is 4.61. The summed E-state index contributed by atoms with van der Waals surface area (Å²) in [6.45, 7) is 3.19. The van der Waals surface area contributed by atoms with Crippen LogP contribution in [0.25, 0.3) is 0 Å². The molecule has 0 aliphatic carbocycles. The maximum atomic E-state index is 12.9. The number of cyclic esters (lactones) is 1. The van der Waals surface area contributed by atoms with E-state index in [1.165, 1.54) is 30.9 Å². The van der Waals surface area contributed by atoms with E-state index in [1.54, 1.807) is 13.1 Å². The summed E-state index contributed by atoms with van der Waals surface area (Å²) in [6.07, 6.45) is 0.181. The van der Waals surface area contributed by atoms with Crippen molar-refractivity contribution in [1.82, 2.24) is 4.31 Å². The molecule has 0 radical (unpaired) electrons. The molecule has 2 aliphatic rings. The number of hydrogen-bond acceptors (Lipinski definition) is 5. The van der Waals surface area contributed by atoms with Gasteiger partial charge in [-0.15, -0.1) is 0 Å². The minimum Gasteiger partial charge on any atom is -0.463 e. The minimum absolute atomic E-state index is 0.0354. The third-order valence-corrected chi connectivity index (χ3v) is 6.44. The third kappa shape index (κ3) is 2.33. The van der Waals surface area contributed by atoms with Crippen molar-refractivity contribution in [1.29, 1.82) is 0 Å². The fourth-order valence-corrected chi connectivity index (χ4v) is 4.71. The lowest BCUT2D eigenvalue weighted by molar-refractivity contribution is -0.160. The molecule has 1 saturated heterocycles. The van der Waals surface area contributed by atoms with Crippen molar-refractivity contribution in [3.8, 4) is 0 Å². The van der Waals surface area contributed by atoms with Crippen molar-refractivity contribution in [2.45, 2.75) is 30.7 Å². The van der Waals surface area contributed by atoms with Gasteiger partial charge in [0.25, 0.3) is 0 Å². The SMILES string of the molecule is CN1C(=O)Cc2cc(S(=O)(=O)N3CCOC(=O)C3(C)C)ccc21. The van der Waals surface area contributed by atoms with Crippen molar-refractivity contribution in [2.24, 2.45) is 0 Å². The zero-order chi connectivity index (χ0) is 17.0. The van der Waals surface area contributed by atoms with Crippen LogP contribution in [0.1, 0.15) is 19.4 Å². The fourth-order valence-electron chi connectivity index (χ4n) is 2.93. The van der Waals surface area contributed by atoms with Gasteiger partial charge in [-0.25, -0.2) is 8.42 Å². The van der Waals surface area contributed by atoms with Crippen LogP contribution >= 0.6 is 0 Å². The third-order valence-electron chi connectivity index (χ3n) is 4.37. The first kappa shape index (κ1) is 15.9. The van der Waals surface area contributed by atoms with Crippen LogP contribution in [-0.2, 0) is 30.8 Å². The van der Waals surface area contributed by atoms with Gasteiger partial charge in [0.2, 0.25) is 15.9 Å². The number of morpholine rings is 1. The molecule has 1 fully saturated rings. The molecule has 3 rings (SSSR count). The molecule has 1 aromatic carbocycles. The van der Waals surface area contributed by atoms with Crippen LogP contribution in [-0.4, -0.2) is 50.3 Å². The first-order valence-corrected chi connectivity index (χ1v) is 8.69. The molecule has 2 heterocycles. The fraction of sp³-hybridized carbons (Fsp3) is 0.467. The van der Waals surface area contributed by atoms with Gasteiger partial charge in [-0.2, -0.15) is 4.31 Å². The average molecular weight is 338 g/mol. The Morgan fingerprint density at radius 1 is 1.22 bits per heavy atom. The first-order valence-electron chi connectivity index (χ1n) is 7.25. The minimum atomic E-state index is -3.86. The molecule has 0 N–H and O–H groups in total.